The number of terminal acetylenes is 1. The average Bonchev–Trinajstić information content (AvgIpc) is 2.37. The van der Waals surface area contributed by atoms with E-state index in [0.29, 0.717) is 10.2 Å². The fourth-order valence-corrected chi connectivity index (χ4v) is 2.14. The first-order valence-corrected chi connectivity index (χ1v) is 6.04. The number of benzene rings is 2. The third-order valence-electron chi connectivity index (χ3n) is 2.34. The van der Waals surface area contributed by atoms with Crippen LogP contribution >= 0.6 is 15.9 Å². The van der Waals surface area contributed by atoms with E-state index in [0.717, 1.165) is 11.1 Å². The van der Waals surface area contributed by atoms with Gasteiger partial charge in [-0.3, -0.25) is 0 Å². The molecule has 0 aliphatic rings. The smallest absolute Gasteiger partial charge is 0.148 e. The molecule has 89 valence electrons. The van der Waals surface area contributed by atoms with Gasteiger partial charge in [-0.2, -0.15) is 0 Å². The van der Waals surface area contributed by atoms with Gasteiger partial charge in [0.25, 0.3) is 0 Å². The van der Waals surface area contributed by atoms with Crippen molar-refractivity contribution in [2.24, 2.45) is 0 Å². The van der Waals surface area contributed by atoms with Crippen molar-refractivity contribution in [1.29, 1.82) is 0 Å². The van der Waals surface area contributed by atoms with E-state index in [1.807, 2.05) is 12.1 Å². The van der Waals surface area contributed by atoms with Crippen LogP contribution in [-0.4, -0.2) is 6.61 Å². The SMILES string of the molecule is C#CCOc1[c]cccc1-c1ccc(F)cc1Br. The van der Waals surface area contributed by atoms with Gasteiger partial charge in [-0.1, -0.05) is 46.1 Å². The molecule has 0 atom stereocenters. The second-order valence-corrected chi connectivity index (χ2v) is 4.38. The third-order valence-corrected chi connectivity index (χ3v) is 3.00. The van der Waals surface area contributed by atoms with Crippen LogP contribution in [0.4, 0.5) is 4.39 Å². The van der Waals surface area contributed by atoms with Crippen LogP contribution in [0.25, 0.3) is 11.1 Å². The lowest BCUT2D eigenvalue weighted by Crippen LogP contribution is -1.96. The maximum absolute atomic E-state index is 13.1. The van der Waals surface area contributed by atoms with Crippen molar-refractivity contribution >= 4 is 15.9 Å². The van der Waals surface area contributed by atoms with Crippen molar-refractivity contribution in [1.82, 2.24) is 0 Å². The molecule has 0 bridgehead atoms. The summed E-state index contributed by atoms with van der Waals surface area (Å²) in [5.74, 6) is 2.67. The van der Waals surface area contributed by atoms with Gasteiger partial charge in [0.2, 0.25) is 0 Å². The van der Waals surface area contributed by atoms with Crippen LogP contribution in [0.2, 0.25) is 0 Å². The summed E-state index contributed by atoms with van der Waals surface area (Å²) in [6.45, 7) is 0.173. The molecule has 0 spiro atoms. The predicted molar refractivity (Wildman–Crippen MR) is 72.7 cm³/mol. The highest BCUT2D eigenvalue weighted by molar-refractivity contribution is 9.10. The molecule has 0 amide bonds. The van der Waals surface area contributed by atoms with E-state index in [2.05, 4.69) is 27.9 Å². The van der Waals surface area contributed by atoms with Crippen molar-refractivity contribution in [3.05, 3.63) is 52.8 Å². The van der Waals surface area contributed by atoms with Gasteiger partial charge in [-0.15, -0.1) is 6.42 Å². The summed E-state index contributed by atoms with van der Waals surface area (Å²) in [5, 5.41) is 0. The standard InChI is InChI=1S/C15H9BrFO/c1-2-9-18-15-6-4-3-5-13(15)12-8-7-11(17)10-14(12)16/h1,3-5,7-8,10H,9H2. The van der Waals surface area contributed by atoms with E-state index >= 15 is 0 Å². The second-order valence-electron chi connectivity index (χ2n) is 3.53. The van der Waals surface area contributed by atoms with Crippen molar-refractivity contribution in [2.75, 3.05) is 6.61 Å². The molecule has 18 heavy (non-hydrogen) atoms. The summed E-state index contributed by atoms with van der Waals surface area (Å²) in [4.78, 5) is 0. The van der Waals surface area contributed by atoms with Gasteiger partial charge in [-0.25, -0.2) is 4.39 Å². The maximum Gasteiger partial charge on any atom is 0.148 e. The molecule has 2 aromatic carbocycles. The highest BCUT2D eigenvalue weighted by atomic mass is 79.9. The predicted octanol–water partition coefficient (Wildman–Crippen LogP) is 4.07. The van der Waals surface area contributed by atoms with E-state index < -0.39 is 0 Å². The summed E-state index contributed by atoms with van der Waals surface area (Å²) in [6.07, 6.45) is 5.17. The average molecular weight is 304 g/mol. The van der Waals surface area contributed by atoms with E-state index in [4.69, 9.17) is 11.2 Å². The summed E-state index contributed by atoms with van der Waals surface area (Å²) in [7, 11) is 0. The Morgan fingerprint density at radius 2 is 2.17 bits per heavy atom. The number of halogens is 2. The molecule has 0 unspecified atom stereocenters. The Kier molecular flexibility index (Phi) is 4.01. The Morgan fingerprint density at radius 1 is 1.33 bits per heavy atom. The van der Waals surface area contributed by atoms with Crippen molar-refractivity contribution in [2.45, 2.75) is 0 Å². The minimum absolute atomic E-state index is 0.173. The van der Waals surface area contributed by atoms with Gasteiger partial charge in [0.05, 0.1) is 0 Å². The van der Waals surface area contributed by atoms with E-state index in [9.17, 15) is 4.39 Å². The highest BCUT2D eigenvalue weighted by Crippen LogP contribution is 2.34. The van der Waals surface area contributed by atoms with Crippen molar-refractivity contribution < 1.29 is 9.13 Å². The lowest BCUT2D eigenvalue weighted by atomic mass is 10.0. The van der Waals surface area contributed by atoms with Crippen LogP contribution < -0.4 is 4.74 Å². The molecule has 3 heteroatoms. The minimum atomic E-state index is -0.295. The summed E-state index contributed by atoms with van der Waals surface area (Å²) in [5.41, 5.74) is 1.65. The number of ether oxygens (including phenoxy) is 1. The number of hydrogen-bond donors (Lipinski definition) is 0. The van der Waals surface area contributed by atoms with Gasteiger partial charge in [-0.05, 0) is 17.7 Å². The van der Waals surface area contributed by atoms with Crippen LogP contribution in [0.15, 0.2) is 40.9 Å². The first kappa shape index (κ1) is 12.7. The maximum atomic E-state index is 13.1. The molecule has 0 saturated carbocycles. The molecule has 0 aromatic heterocycles. The van der Waals surface area contributed by atoms with Crippen LogP contribution in [-0.2, 0) is 0 Å². The monoisotopic (exact) mass is 303 g/mol. The van der Waals surface area contributed by atoms with Crippen LogP contribution in [0.3, 0.4) is 0 Å². The Bertz CT molecular complexity index is 602. The van der Waals surface area contributed by atoms with E-state index in [-0.39, 0.29) is 12.4 Å². The van der Waals surface area contributed by atoms with Crippen LogP contribution in [0.5, 0.6) is 5.75 Å². The number of hydrogen-bond acceptors (Lipinski definition) is 1. The van der Waals surface area contributed by atoms with Gasteiger partial charge in [0.1, 0.15) is 18.2 Å². The Balaban J connectivity index is 2.47. The number of rotatable bonds is 3. The first-order valence-electron chi connectivity index (χ1n) is 5.25. The lowest BCUT2D eigenvalue weighted by Gasteiger charge is -2.10. The largest absolute Gasteiger partial charge is 0.480 e. The zero-order valence-corrected chi connectivity index (χ0v) is 11.0. The topological polar surface area (TPSA) is 9.23 Å². The molecular formula is C15H9BrFO. The highest BCUT2D eigenvalue weighted by Gasteiger charge is 2.09. The first-order chi connectivity index (χ1) is 8.72. The molecule has 0 aliphatic carbocycles. The number of para-hydroxylation sites is 1. The molecule has 2 rings (SSSR count). The molecule has 2 aromatic rings. The quantitative estimate of drug-likeness (QED) is 0.777. The Labute approximate surface area is 114 Å². The molecule has 0 saturated heterocycles. The second kappa shape index (κ2) is 5.70. The lowest BCUT2D eigenvalue weighted by molar-refractivity contribution is 0.371. The normalized spacial score (nSPS) is 9.83. The Morgan fingerprint density at radius 3 is 2.89 bits per heavy atom. The molecule has 0 heterocycles. The van der Waals surface area contributed by atoms with E-state index in [1.54, 1.807) is 12.1 Å². The van der Waals surface area contributed by atoms with Gasteiger partial charge >= 0.3 is 0 Å². The molecule has 0 aliphatic heterocycles. The van der Waals surface area contributed by atoms with Crippen LogP contribution in [0, 0.1) is 24.2 Å². The molecule has 1 radical (unpaired) electrons. The fourth-order valence-electron chi connectivity index (χ4n) is 1.57. The van der Waals surface area contributed by atoms with Crippen LogP contribution in [0.1, 0.15) is 0 Å². The van der Waals surface area contributed by atoms with E-state index in [1.165, 1.54) is 12.1 Å². The van der Waals surface area contributed by atoms with Gasteiger partial charge in [0.15, 0.2) is 0 Å². The zero-order chi connectivity index (χ0) is 13.0. The van der Waals surface area contributed by atoms with Gasteiger partial charge in [0, 0.05) is 16.1 Å². The minimum Gasteiger partial charge on any atom is -0.480 e. The zero-order valence-electron chi connectivity index (χ0n) is 9.41. The molecule has 1 nitrogen and oxygen atoms in total. The molecule has 0 fully saturated rings. The summed E-state index contributed by atoms with van der Waals surface area (Å²) in [6, 6.07) is 12.9. The fraction of sp³-hybridized carbons (Fsp3) is 0.0667. The van der Waals surface area contributed by atoms with Gasteiger partial charge < -0.3 is 4.74 Å². The van der Waals surface area contributed by atoms with Crippen molar-refractivity contribution in [3.8, 4) is 29.2 Å². The third kappa shape index (κ3) is 2.72. The summed E-state index contributed by atoms with van der Waals surface area (Å²) >= 11 is 3.34. The Hall–Kier alpha value is -1.79. The molecular weight excluding hydrogens is 295 g/mol. The summed E-state index contributed by atoms with van der Waals surface area (Å²) < 4.78 is 19.2. The van der Waals surface area contributed by atoms with Crippen molar-refractivity contribution in [3.63, 3.8) is 0 Å². The molecule has 0 N–H and O–H groups in total.